The number of hydrogen-bond donors (Lipinski definition) is 1. The van der Waals surface area contributed by atoms with Crippen LogP contribution in [0.4, 0.5) is 0 Å². The maximum atomic E-state index is 10.7. The van der Waals surface area contributed by atoms with E-state index in [2.05, 4.69) is 23.3 Å². The molecule has 1 saturated heterocycles. The summed E-state index contributed by atoms with van der Waals surface area (Å²) in [5.74, 6) is -0.722. The van der Waals surface area contributed by atoms with Crippen molar-refractivity contribution in [1.29, 1.82) is 0 Å². The lowest BCUT2D eigenvalue weighted by atomic mass is 10.1. The van der Waals surface area contributed by atoms with Gasteiger partial charge in [-0.05, 0) is 14.0 Å². The second kappa shape index (κ2) is 5.28. The van der Waals surface area contributed by atoms with Gasteiger partial charge in [0.15, 0.2) is 0 Å². The van der Waals surface area contributed by atoms with E-state index in [1.54, 1.807) is 0 Å². The van der Waals surface area contributed by atoms with Crippen LogP contribution in [0.25, 0.3) is 0 Å². The van der Waals surface area contributed by atoms with Gasteiger partial charge in [-0.15, -0.1) is 6.58 Å². The zero-order valence-electron chi connectivity index (χ0n) is 9.52. The minimum atomic E-state index is -0.722. The standard InChI is InChI=1S/C11H20N2O2/c1-4-5-13-8-10(6-11(14)15)12(3)7-9(13)2/h4,9-10H,1,5-8H2,2-3H3,(H,14,15). The van der Waals surface area contributed by atoms with Gasteiger partial charge in [0.25, 0.3) is 0 Å². The molecule has 0 aliphatic carbocycles. The normalized spacial score (nSPS) is 28.9. The number of rotatable bonds is 4. The van der Waals surface area contributed by atoms with Crippen molar-refractivity contribution >= 4 is 5.97 Å². The molecule has 2 atom stereocenters. The highest BCUT2D eigenvalue weighted by atomic mass is 16.4. The fraction of sp³-hybridized carbons (Fsp3) is 0.727. The highest BCUT2D eigenvalue weighted by Gasteiger charge is 2.29. The minimum Gasteiger partial charge on any atom is -0.481 e. The molecule has 1 heterocycles. The van der Waals surface area contributed by atoms with Crippen molar-refractivity contribution in [2.24, 2.45) is 0 Å². The van der Waals surface area contributed by atoms with Crippen molar-refractivity contribution < 1.29 is 9.90 Å². The number of hydrogen-bond acceptors (Lipinski definition) is 3. The van der Waals surface area contributed by atoms with Crippen LogP contribution in [0, 0.1) is 0 Å². The number of nitrogens with zero attached hydrogens (tertiary/aromatic N) is 2. The summed E-state index contributed by atoms with van der Waals surface area (Å²) in [6.07, 6.45) is 2.09. The smallest absolute Gasteiger partial charge is 0.304 e. The van der Waals surface area contributed by atoms with Crippen LogP contribution in [-0.2, 0) is 4.79 Å². The van der Waals surface area contributed by atoms with Gasteiger partial charge in [-0.25, -0.2) is 0 Å². The summed E-state index contributed by atoms with van der Waals surface area (Å²) in [4.78, 5) is 15.1. The van der Waals surface area contributed by atoms with Crippen molar-refractivity contribution in [1.82, 2.24) is 9.80 Å². The number of aliphatic carboxylic acids is 1. The largest absolute Gasteiger partial charge is 0.481 e. The van der Waals surface area contributed by atoms with Gasteiger partial charge in [-0.3, -0.25) is 9.69 Å². The maximum Gasteiger partial charge on any atom is 0.304 e. The van der Waals surface area contributed by atoms with Crippen molar-refractivity contribution in [2.75, 3.05) is 26.7 Å². The molecule has 4 heteroatoms. The van der Waals surface area contributed by atoms with Crippen LogP contribution in [-0.4, -0.2) is 59.6 Å². The number of likely N-dealkylation sites (N-methyl/N-ethyl adjacent to an activating group) is 1. The summed E-state index contributed by atoms with van der Waals surface area (Å²) in [7, 11) is 2.00. The molecule has 4 nitrogen and oxygen atoms in total. The molecule has 0 aromatic carbocycles. The van der Waals surface area contributed by atoms with E-state index in [1.807, 2.05) is 13.1 Å². The summed E-state index contributed by atoms with van der Waals surface area (Å²) in [5.41, 5.74) is 0. The van der Waals surface area contributed by atoms with E-state index in [0.29, 0.717) is 6.04 Å². The van der Waals surface area contributed by atoms with Crippen LogP contribution in [0.1, 0.15) is 13.3 Å². The molecule has 15 heavy (non-hydrogen) atoms. The van der Waals surface area contributed by atoms with Gasteiger partial charge >= 0.3 is 5.97 Å². The van der Waals surface area contributed by atoms with E-state index >= 15 is 0 Å². The predicted molar refractivity (Wildman–Crippen MR) is 59.9 cm³/mol. The number of carbonyl (C=O) groups is 1. The molecular weight excluding hydrogens is 192 g/mol. The first-order chi connectivity index (χ1) is 7.04. The first kappa shape index (κ1) is 12.2. The highest BCUT2D eigenvalue weighted by molar-refractivity contribution is 5.67. The Kier molecular flexibility index (Phi) is 4.29. The molecule has 1 rings (SSSR count). The monoisotopic (exact) mass is 212 g/mol. The van der Waals surface area contributed by atoms with Gasteiger partial charge < -0.3 is 10.0 Å². The second-order valence-electron chi connectivity index (χ2n) is 4.28. The van der Waals surface area contributed by atoms with Gasteiger partial charge in [0.2, 0.25) is 0 Å². The highest BCUT2D eigenvalue weighted by Crippen LogP contribution is 2.15. The molecule has 1 N–H and O–H groups in total. The molecule has 0 aromatic heterocycles. The van der Waals surface area contributed by atoms with Crippen LogP contribution in [0.5, 0.6) is 0 Å². The molecule has 86 valence electrons. The van der Waals surface area contributed by atoms with Gasteiger partial charge in [0.05, 0.1) is 6.42 Å². The molecule has 0 spiro atoms. The molecule has 1 fully saturated rings. The maximum absolute atomic E-state index is 10.7. The second-order valence-corrected chi connectivity index (χ2v) is 4.28. The van der Waals surface area contributed by atoms with E-state index in [9.17, 15) is 4.79 Å². The van der Waals surface area contributed by atoms with Gasteiger partial charge in [0, 0.05) is 31.7 Å². The summed E-state index contributed by atoms with van der Waals surface area (Å²) in [5, 5.41) is 8.80. The third kappa shape index (κ3) is 3.32. The predicted octanol–water partition coefficient (Wildman–Crippen LogP) is 0.652. The van der Waals surface area contributed by atoms with E-state index in [-0.39, 0.29) is 12.5 Å². The van der Waals surface area contributed by atoms with Crippen LogP contribution < -0.4 is 0 Å². The SMILES string of the molecule is C=CCN1CC(CC(=O)O)N(C)CC1C. The zero-order valence-corrected chi connectivity index (χ0v) is 9.52. The Balaban J connectivity index is 2.57. The number of piperazine rings is 1. The van der Waals surface area contributed by atoms with E-state index < -0.39 is 5.97 Å². The first-order valence-corrected chi connectivity index (χ1v) is 5.31. The van der Waals surface area contributed by atoms with Gasteiger partial charge in [0.1, 0.15) is 0 Å². The van der Waals surface area contributed by atoms with Gasteiger partial charge in [-0.2, -0.15) is 0 Å². The molecule has 2 unspecified atom stereocenters. The molecular formula is C11H20N2O2. The van der Waals surface area contributed by atoms with Crippen molar-refractivity contribution in [3.8, 4) is 0 Å². The van der Waals surface area contributed by atoms with Crippen molar-refractivity contribution in [2.45, 2.75) is 25.4 Å². The summed E-state index contributed by atoms with van der Waals surface area (Å²) >= 11 is 0. The summed E-state index contributed by atoms with van der Waals surface area (Å²) in [6, 6.07) is 0.594. The van der Waals surface area contributed by atoms with E-state index in [1.165, 1.54) is 0 Å². The third-order valence-electron chi connectivity index (χ3n) is 3.02. The lowest BCUT2D eigenvalue weighted by molar-refractivity contribution is -0.139. The van der Waals surface area contributed by atoms with Crippen LogP contribution in [0.3, 0.4) is 0 Å². The Morgan fingerprint density at radius 1 is 1.60 bits per heavy atom. The first-order valence-electron chi connectivity index (χ1n) is 5.31. The van der Waals surface area contributed by atoms with Crippen LogP contribution >= 0.6 is 0 Å². The molecule has 0 aromatic rings. The minimum absolute atomic E-state index is 0.124. The number of carboxylic acids is 1. The average molecular weight is 212 g/mol. The molecule has 0 bridgehead atoms. The Morgan fingerprint density at radius 2 is 2.27 bits per heavy atom. The van der Waals surface area contributed by atoms with Crippen LogP contribution in [0.15, 0.2) is 12.7 Å². The van der Waals surface area contributed by atoms with Crippen molar-refractivity contribution in [3.05, 3.63) is 12.7 Å². The Morgan fingerprint density at radius 3 is 2.80 bits per heavy atom. The molecule has 0 radical (unpaired) electrons. The van der Waals surface area contributed by atoms with Crippen LogP contribution in [0.2, 0.25) is 0 Å². The molecule has 0 amide bonds. The third-order valence-corrected chi connectivity index (χ3v) is 3.02. The average Bonchev–Trinajstić information content (AvgIpc) is 2.12. The quantitative estimate of drug-likeness (QED) is 0.695. The Hall–Kier alpha value is -0.870. The lowest BCUT2D eigenvalue weighted by Gasteiger charge is -2.42. The fourth-order valence-electron chi connectivity index (χ4n) is 2.11. The zero-order chi connectivity index (χ0) is 11.4. The van der Waals surface area contributed by atoms with E-state index in [4.69, 9.17) is 5.11 Å². The topological polar surface area (TPSA) is 43.8 Å². The molecule has 1 aliphatic heterocycles. The molecule has 0 saturated carbocycles. The van der Waals surface area contributed by atoms with E-state index in [0.717, 1.165) is 19.6 Å². The fourth-order valence-corrected chi connectivity index (χ4v) is 2.11. The number of carboxylic acid groups (broad SMARTS) is 1. The summed E-state index contributed by atoms with van der Waals surface area (Å²) < 4.78 is 0. The van der Waals surface area contributed by atoms with Gasteiger partial charge in [-0.1, -0.05) is 6.08 Å². The summed E-state index contributed by atoms with van der Waals surface area (Å²) in [6.45, 7) is 8.46. The molecule has 1 aliphatic rings. The van der Waals surface area contributed by atoms with Crippen molar-refractivity contribution in [3.63, 3.8) is 0 Å². The lowest BCUT2D eigenvalue weighted by Crippen LogP contribution is -2.56. The Bertz CT molecular complexity index is 243. The Labute approximate surface area is 91.2 Å².